The lowest BCUT2D eigenvalue weighted by Crippen LogP contribution is -2.34. The molecule has 6 rings (SSSR count). The van der Waals surface area contributed by atoms with Gasteiger partial charge in [0.15, 0.2) is 23.0 Å². The molecule has 0 fully saturated rings. The van der Waals surface area contributed by atoms with Crippen molar-refractivity contribution in [2.24, 2.45) is 31.4 Å². The molecular weight excluding hydrogens is 548 g/mol. The van der Waals surface area contributed by atoms with Crippen LogP contribution >= 0.6 is 0 Å². The summed E-state index contributed by atoms with van der Waals surface area (Å²) in [6.07, 6.45) is 3.00. The van der Waals surface area contributed by atoms with Crippen molar-refractivity contribution in [3.05, 3.63) is 47.5 Å². The highest BCUT2D eigenvalue weighted by molar-refractivity contribution is 6.02. The molecule has 230 valence electrons. The zero-order valence-corrected chi connectivity index (χ0v) is 25.2. The molecule has 2 aromatic carbocycles. The van der Waals surface area contributed by atoms with Gasteiger partial charge in [-0.3, -0.25) is 20.0 Å². The van der Waals surface area contributed by atoms with Gasteiger partial charge in [0.25, 0.3) is 0 Å². The minimum Gasteiger partial charge on any atom is -0.454 e. The largest absolute Gasteiger partial charge is 0.454 e. The number of hydrogen-bond donors (Lipinski definition) is 3. The summed E-state index contributed by atoms with van der Waals surface area (Å²) in [4.78, 5) is 20.1. The Morgan fingerprint density at radius 3 is 2.14 bits per heavy atom. The first-order valence-electron chi connectivity index (χ1n) is 14.7. The minimum absolute atomic E-state index is 0.184. The lowest BCUT2D eigenvalue weighted by molar-refractivity contribution is 0.173. The number of likely N-dealkylation sites (N-methyl/N-ethyl adjacent to an activating group) is 1. The van der Waals surface area contributed by atoms with E-state index in [2.05, 4.69) is 52.2 Å². The number of nitrogens with one attached hydrogen (secondary N) is 1. The van der Waals surface area contributed by atoms with Crippen LogP contribution in [0.25, 0.3) is 0 Å². The first-order chi connectivity index (χ1) is 20.8. The molecule has 2 atom stereocenters. The van der Waals surface area contributed by atoms with Crippen molar-refractivity contribution >= 4 is 23.3 Å². The number of rotatable bonds is 6. The van der Waals surface area contributed by atoms with Crippen molar-refractivity contribution in [1.29, 1.82) is 0 Å². The maximum atomic E-state index is 5.91. The predicted octanol–water partition coefficient (Wildman–Crippen LogP) is 2.53. The highest BCUT2D eigenvalue weighted by Gasteiger charge is 2.17. The quantitative estimate of drug-likeness (QED) is 0.464. The van der Waals surface area contributed by atoms with Crippen LogP contribution in [0.1, 0.15) is 37.8 Å². The van der Waals surface area contributed by atoms with Crippen molar-refractivity contribution in [2.45, 2.75) is 51.6 Å². The van der Waals surface area contributed by atoms with Crippen molar-refractivity contribution in [3.63, 3.8) is 0 Å². The molecule has 0 radical (unpaired) electrons. The summed E-state index contributed by atoms with van der Waals surface area (Å²) < 4.78 is 21.4. The SMILES string of the molecule is CC1CN=C(N)CC(=NCCc2ccc3c(c2)OCO3)N1.CC1CN=C(N)CC(N(C)CCc2ccc3c(c2)OCO3)=N1. The molecule has 4 aliphatic heterocycles. The first kappa shape index (κ1) is 30.0. The van der Waals surface area contributed by atoms with Crippen molar-refractivity contribution in [3.8, 4) is 23.0 Å². The molecular formula is C31H42N8O4. The van der Waals surface area contributed by atoms with E-state index in [-0.39, 0.29) is 12.1 Å². The number of amidine groups is 4. The van der Waals surface area contributed by atoms with Crippen molar-refractivity contribution in [1.82, 2.24) is 10.2 Å². The Labute approximate surface area is 252 Å². The molecule has 0 aromatic heterocycles. The van der Waals surface area contributed by atoms with Gasteiger partial charge in [-0.15, -0.1) is 0 Å². The van der Waals surface area contributed by atoms with Crippen LogP contribution in [-0.4, -0.2) is 87.1 Å². The summed E-state index contributed by atoms with van der Waals surface area (Å²) in [6, 6.07) is 12.6. The van der Waals surface area contributed by atoms with Crippen LogP contribution in [-0.2, 0) is 12.8 Å². The van der Waals surface area contributed by atoms with Gasteiger partial charge in [0, 0.05) is 26.2 Å². The van der Waals surface area contributed by atoms with Crippen LogP contribution in [0.2, 0.25) is 0 Å². The number of nitrogens with zero attached hydrogens (tertiary/aromatic N) is 5. The number of fused-ring (bicyclic) bond motifs is 2. The molecule has 4 heterocycles. The molecule has 0 spiro atoms. The van der Waals surface area contributed by atoms with Gasteiger partial charge < -0.3 is 40.6 Å². The van der Waals surface area contributed by atoms with Gasteiger partial charge in [-0.2, -0.15) is 0 Å². The van der Waals surface area contributed by atoms with E-state index >= 15 is 0 Å². The van der Waals surface area contributed by atoms with Gasteiger partial charge >= 0.3 is 0 Å². The molecule has 0 saturated heterocycles. The number of nitrogens with two attached hydrogens (primary N) is 2. The third kappa shape index (κ3) is 8.52. The van der Waals surface area contributed by atoms with E-state index in [1.807, 2.05) is 30.3 Å². The Balaban J connectivity index is 0.000000171. The summed E-state index contributed by atoms with van der Waals surface area (Å²) in [5.41, 5.74) is 14.1. The van der Waals surface area contributed by atoms with Crippen LogP contribution in [0, 0.1) is 0 Å². The van der Waals surface area contributed by atoms with Crippen LogP contribution < -0.4 is 35.7 Å². The molecule has 12 nitrogen and oxygen atoms in total. The number of benzene rings is 2. The summed E-state index contributed by atoms with van der Waals surface area (Å²) in [5, 5.41) is 3.35. The average Bonchev–Trinajstić information content (AvgIpc) is 3.59. The minimum atomic E-state index is 0.184. The topological polar surface area (TPSA) is 154 Å². The van der Waals surface area contributed by atoms with Crippen LogP contribution in [0.4, 0.5) is 0 Å². The van der Waals surface area contributed by atoms with Crippen molar-refractivity contribution < 1.29 is 18.9 Å². The average molecular weight is 591 g/mol. The zero-order valence-electron chi connectivity index (χ0n) is 25.2. The number of ether oxygens (including phenoxy) is 4. The Hall–Kier alpha value is -4.48. The Morgan fingerprint density at radius 1 is 0.837 bits per heavy atom. The predicted molar refractivity (Wildman–Crippen MR) is 169 cm³/mol. The smallest absolute Gasteiger partial charge is 0.231 e. The van der Waals surface area contributed by atoms with E-state index in [0.717, 1.165) is 54.1 Å². The Bertz CT molecular complexity index is 1410. The van der Waals surface area contributed by atoms with E-state index in [0.29, 0.717) is 57.7 Å². The van der Waals surface area contributed by atoms with Crippen molar-refractivity contribution in [2.75, 3.05) is 46.8 Å². The van der Waals surface area contributed by atoms with Gasteiger partial charge in [0.2, 0.25) is 13.6 Å². The summed E-state index contributed by atoms with van der Waals surface area (Å²) >= 11 is 0. The fourth-order valence-electron chi connectivity index (χ4n) is 4.94. The second-order valence-corrected chi connectivity index (χ2v) is 11.1. The lowest BCUT2D eigenvalue weighted by atomic mass is 10.1. The van der Waals surface area contributed by atoms with Crippen LogP contribution in [0.3, 0.4) is 0 Å². The third-order valence-corrected chi connectivity index (χ3v) is 7.35. The van der Waals surface area contributed by atoms with Gasteiger partial charge in [-0.25, -0.2) is 0 Å². The molecule has 2 aromatic rings. The Kier molecular flexibility index (Phi) is 9.85. The molecule has 12 heteroatoms. The Morgan fingerprint density at radius 2 is 1.44 bits per heavy atom. The van der Waals surface area contributed by atoms with E-state index in [1.54, 1.807) is 0 Å². The van der Waals surface area contributed by atoms with Crippen LogP contribution in [0.15, 0.2) is 56.4 Å². The highest BCUT2D eigenvalue weighted by Crippen LogP contribution is 2.33. The van der Waals surface area contributed by atoms with Gasteiger partial charge in [-0.05, 0) is 62.1 Å². The molecule has 0 amide bonds. The van der Waals surface area contributed by atoms with E-state index in [4.69, 9.17) is 35.4 Å². The molecule has 5 N–H and O–H groups in total. The molecule has 0 aliphatic carbocycles. The van der Waals surface area contributed by atoms with E-state index in [1.165, 1.54) is 11.1 Å². The summed E-state index contributed by atoms with van der Waals surface area (Å²) in [6.45, 7) is 7.72. The lowest BCUT2D eigenvalue weighted by Gasteiger charge is -2.21. The van der Waals surface area contributed by atoms with Gasteiger partial charge in [0.1, 0.15) is 23.3 Å². The monoisotopic (exact) mass is 590 g/mol. The second-order valence-electron chi connectivity index (χ2n) is 11.1. The van der Waals surface area contributed by atoms with E-state index in [9.17, 15) is 0 Å². The maximum absolute atomic E-state index is 5.91. The molecule has 0 saturated carbocycles. The fraction of sp³-hybridized carbons (Fsp3) is 0.484. The standard InChI is InChI=1S/C16H22N4O2.C15H20N4O2/c1-11-9-18-15(17)8-16(19-11)20(2)6-5-12-3-4-13-14(7-12)22-10-21-13;1-10-8-18-14(16)7-15(19-10)17-5-4-11-2-3-12-13(6-11)21-9-20-12/h3-4,7,11H,5-6,8-10H2,1-2H3,(H2,17,18);2-3,6,10H,4-5,7-9H2,1H3,(H2,16,18)(H,17,19). The maximum Gasteiger partial charge on any atom is 0.231 e. The first-order valence-corrected chi connectivity index (χ1v) is 14.7. The summed E-state index contributed by atoms with van der Waals surface area (Å²) in [7, 11) is 2.05. The molecule has 4 aliphatic rings. The number of hydrogen-bond acceptors (Lipinski definition) is 11. The summed E-state index contributed by atoms with van der Waals surface area (Å²) in [5.74, 6) is 6.52. The van der Waals surface area contributed by atoms with Gasteiger partial charge in [0.05, 0.1) is 32.0 Å². The third-order valence-electron chi connectivity index (χ3n) is 7.35. The highest BCUT2D eigenvalue weighted by atomic mass is 16.7. The molecule has 2 unspecified atom stereocenters. The molecule has 0 bridgehead atoms. The zero-order chi connectivity index (χ0) is 30.2. The van der Waals surface area contributed by atoms with Crippen LogP contribution in [0.5, 0.6) is 23.0 Å². The van der Waals surface area contributed by atoms with E-state index < -0.39 is 0 Å². The normalized spacial score (nSPS) is 21.4. The number of aliphatic imine (C=N–C) groups is 4. The molecule has 43 heavy (non-hydrogen) atoms. The fourth-order valence-corrected chi connectivity index (χ4v) is 4.94. The second kappa shape index (κ2) is 14.1. The van der Waals surface area contributed by atoms with Gasteiger partial charge in [-0.1, -0.05) is 12.1 Å².